The van der Waals surface area contributed by atoms with E-state index >= 15 is 0 Å². The van der Waals surface area contributed by atoms with E-state index in [1.807, 2.05) is 48.5 Å². The Morgan fingerprint density at radius 1 is 0.422 bits per heavy atom. The van der Waals surface area contributed by atoms with Gasteiger partial charge in [0.1, 0.15) is 0 Å². The van der Waals surface area contributed by atoms with E-state index in [2.05, 4.69) is 107 Å². The molecule has 0 atom stereocenters. The normalized spacial score (nSPS) is 13.3. The van der Waals surface area contributed by atoms with E-state index in [4.69, 9.17) is 8.83 Å². The lowest BCUT2D eigenvalue weighted by Crippen LogP contribution is -2.15. The van der Waals surface area contributed by atoms with Crippen LogP contribution < -0.4 is 0 Å². The lowest BCUT2D eigenvalue weighted by molar-refractivity contribution is 0.584. The lowest BCUT2D eigenvalue weighted by atomic mass is 9.81. The molecule has 2 aromatic heterocycles. The third-order valence-corrected chi connectivity index (χ3v) is 9.06. The highest BCUT2D eigenvalue weighted by molar-refractivity contribution is 5.95. The standard InChI is InChI=1S/C39H26N4O2/c1-39(2)33-21-25(35-40-42-37(44-35)31-15-7-11-23-9-3-5-13-27(23)31)17-19-29(33)30-20-18-26(22-34(30)39)36-41-43-38(45-36)32-16-8-12-24-10-4-6-14-28(24)32/h3-22H,1-2H3. The van der Waals surface area contributed by atoms with Crippen LogP contribution in [-0.4, -0.2) is 20.4 Å². The van der Waals surface area contributed by atoms with Crippen molar-refractivity contribution < 1.29 is 8.83 Å². The smallest absolute Gasteiger partial charge is 0.248 e. The molecule has 6 aromatic carbocycles. The average molecular weight is 583 g/mol. The molecule has 0 saturated carbocycles. The third kappa shape index (κ3) is 3.96. The molecule has 0 unspecified atom stereocenters. The van der Waals surface area contributed by atoms with Crippen molar-refractivity contribution in [2.24, 2.45) is 0 Å². The molecule has 1 aliphatic carbocycles. The number of hydrogen-bond donors (Lipinski definition) is 0. The second-order valence-corrected chi connectivity index (χ2v) is 12.0. The van der Waals surface area contributed by atoms with Crippen LogP contribution in [0, 0.1) is 0 Å². The summed E-state index contributed by atoms with van der Waals surface area (Å²) in [7, 11) is 0. The maximum atomic E-state index is 6.26. The minimum Gasteiger partial charge on any atom is -0.416 e. The Bertz CT molecular complexity index is 2260. The van der Waals surface area contributed by atoms with E-state index in [1.165, 1.54) is 22.3 Å². The highest BCUT2D eigenvalue weighted by Crippen LogP contribution is 2.50. The second-order valence-electron chi connectivity index (χ2n) is 12.0. The molecule has 8 aromatic rings. The van der Waals surface area contributed by atoms with E-state index in [0.717, 1.165) is 43.8 Å². The van der Waals surface area contributed by atoms with Gasteiger partial charge in [0.25, 0.3) is 0 Å². The highest BCUT2D eigenvalue weighted by Gasteiger charge is 2.36. The Morgan fingerprint density at radius 3 is 1.33 bits per heavy atom. The summed E-state index contributed by atoms with van der Waals surface area (Å²) >= 11 is 0. The molecule has 214 valence electrons. The van der Waals surface area contributed by atoms with Crippen molar-refractivity contribution in [2.75, 3.05) is 0 Å². The van der Waals surface area contributed by atoms with Crippen LogP contribution in [0.15, 0.2) is 130 Å². The number of benzene rings is 6. The van der Waals surface area contributed by atoms with Crippen molar-refractivity contribution in [3.63, 3.8) is 0 Å². The molecule has 0 aliphatic heterocycles. The van der Waals surface area contributed by atoms with Gasteiger partial charge in [-0.25, -0.2) is 0 Å². The first-order valence-corrected chi connectivity index (χ1v) is 15.0. The van der Waals surface area contributed by atoms with E-state index in [1.54, 1.807) is 0 Å². The summed E-state index contributed by atoms with van der Waals surface area (Å²) in [6, 6.07) is 41.5. The molecule has 0 bridgehead atoms. The molecule has 1 aliphatic rings. The van der Waals surface area contributed by atoms with Crippen LogP contribution in [-0.2, 0) is 5.41 Å². The third-order valence-electron chi connectivity index (χ3n) is 9.06. The van der Waals surface area contributed by atoms with Crippen molar-refractivity contribution in [3.8, 4) is 56.9 Å². The minimum atomic E-state index is -0.270. The summed E-state index contributed by atoms with van der Waals surface area (Å²) in [4.78, 5) is 0. The van der Waals surface area contributed by atoms with E-state index in [9.17, 15) is 0 Å². The Kier molecular flexibility index (Phi) is 5.44. The van der Waals surface area contributed by atoms with Crippen molar-refractivity contribution in [1.29, 1.82) is 0 Å². The average Bonchev–Trinajstić information content (AvgIpc) is 3.82. The predicted octanol–water partition coefficient (Wildman–Crippen LogP) is 9.73. The molecule has 6 heteroatoms. The maximum absolute atomic E-state index is 6.26. The fourth-order valence-electron chi connectivity index (χ4n) is 6.72. The van der Waals surface area contributed by atoms with Crippen LogP contribution in [0.25, 0.3) is 78.5 Å². The van der Waals surface area contributed by atoms with Crippen LogP contribution >= 0.6 is 0 Å². The molecule has 45 heavy (non-hydrogen) atoms. The van der Waals surface area contributed by atoms with Gasteiger partial charge in [0.05, 0.1) is 0 Å². The molecule has 6 nitrogen and oxygen atoms in total. The molecule has 0 spiro atoms. The molecule has 9 rings (SSSR count). The van der Waals surface area contributed by atoms with Gasteiger partial charge in [0.15, 0.2) is 0 Å². The fraction of sp³-hybridized carbons (Fsp3) is 0.0769. The van der Waals surface area contributed by atoms with Gasteiger partial charge in [0, 0.05) is 27.7 Å². The zero-order valence-electron chi connectivity index (χ0n) is 24.7. The van der Waals surface area contributed by atoms with E-state index in [-0.39, 0.29) is 5.41 Å². The first-order chi connectivity index (χ1) is 22.0. The Labute approximate surface area is 259 Å². The lowest BCUT2D eigenvalue weighted by Gasteiger charge is -2.22. The fourth-order valence-corrected chi connectivity index (χ4v) is 6.72. The van der Waals surface area contributed by atoms with Crippen LogP contribution in [0.5, 0.6) is 0 Å². The number of fused-ring (bicyclic) bond motifs is 5. The number of aromatic nitrogens is 4. The van der Waals surface area contributed by atoms with E-state index in [0.29, 0.717) is 23.6 Å². The number of rotatable bonds is 4. The zero-order valence-corrected chi connectivity index (χ0v) is 24.7. The quantitative estimate of drug-likeness (QED) is 0.206. The van der Waals surface area contributed by atoms with Crippen LogP contribution in [0.1, 0.15) is 25.0 Å². The topological polar surface area (TPSA) is 77.8 Å². The number of hydrogen-bond acceptors (Lipinski definition) is 6. The van der Waals surface area contributed by atoms with Gasteiger partial charge in [-0.05, 0) is 80.2 Å². The van der Waals surface area contributed by atoms with Gasteiger partial charge in [-0.2, -0.15) is 0 Å². The molecule has 0 radical (unpaired) electrons. The summed E-state index contributed by atoms with van der Waals surface area (Å²) in [6.07, 6.45) is 0. The van der Waals surface area contributed by atoms with Crippen LogP contribution in [0.3, 0.4) is 0 Å². The molecule has 0 N–H and O–H groups in total. The summed E-state index contributed by atoms with van der Waals surface area (Å²) in [6.45, 7) is 4.49. The van der Waals surface area contributed by atoms with E-state index < -0.39 is 0 Å². The molecular weight excluding hydrogens is 556 g/mol. The largest absolute Gasteiger partial charge is 0.416 e. The van der Waals surface area contributed by atoms with Crippen molar-refractivity contribution in [1.82, 2.24) is 20.4 Å². The Morgan fingerprint density at radius 2 is 0.844 bits per heavy atom. The van der Waals surface area contributed by atoms with Crippen molar-refractivity contribution in [3.05, 3.63) is 132 Å². The molecular formula is C39H26N4O2. The second kappa shape index (κ2) is 9.56. The highest BCUT2D eigenvalue weighted by atomic mass is 16.4. The van der Waals surface area contributed by atoms with Gasteiger partial charge in [-0.1, -0.05) is 98.8 Å². The molecule has 0 amide bonds. The Hall–Kier alpha value is -5.88. The maximum Gasteiger partial charge on any atom is 0.248 e. The van der Waals surface area contributed by atoms with Gasteiger partial charge in [-0.15, -0.1) is 20.4 Å². The summed E-state index contributed by atoms with van der Waals surface area (Å²) in [5.41, 5.74) is 8.18. The Balaban J connectivity index is 1.06. The van der Waals surface area contributed by atoms with Crippen LogP contribution in [0.2, 0.25) is 0 Å². The van der Waals surface area contributed by atoms with Gasteiger partial charge in [0.2, 0.25) is 23.6 Å². The SMILES string of the molecule is CC1(C)c2cc(-c3nnc(-c4cccc5ccccc45)o3)ccc2-c2ccc(-c3nnc(-c4cccc5ccccc45)o3)cc21. The van der Waals surface area contributed by atoms with Gasteiger partial charge < -0.3 is 8.83 Å². The minimum absolute atomic E-state index is 0.270. The summed E-state index contributed by atoms with van der Waals surface area (Å²) in [5, 5.41) is 22.2. The predicted molar refractivity (Wildman–Crippen MR) is 176 cm³/mol. The summed E-state index contributed by atoms with van der Waals surface area (Å²) < 4.78 is 12.5. The van der Waals surface area contributed by atoms with Crippen molar-refractivity contribution in [2.45, 2.75) is 19.3 Å². The zero-order chi connectivity index (χ0) is 30.1. The first kappa shape index (κ1) is 25.6. The molecule has 0 saturated heterocycles. The number of nitrogens with zero attached hydrogens (tertiary/aromatic N) is 4. The van der Waals surface area contributed by atoms with Crippen LogP contribution in [0.4, 0.5) is 0 Å². The first-order valence-electron chi connectivity index (χ1n) is 15.0. The van der Waals surface area contributed by atoms with Gasteiger partial charge >= 0.3 is 0 Å². The molecule has 2 heterocycles. The monoisotopic (exact) mass is 582 g/mol. The summed E-state index contributed by atoms with van der Waals surface area (Å²) in [5.74, 6) is 2.02. The van der Waals surface area contributed by atoms with Gasteiger partial charge in [-0.3, -0.25) is 0 Å². The molecule has 0 fully saturated rings. The van der Waals surface area contributed by atoms with Crippen molar-refractivity contribution >= 4 is 21.5 Å².